The van der Waals surface area contributed by atoms with Crippen molar-refractivity contribution in [2.45, 2.75) is 6.92 Å². The quantitative estimate of drug-likeness (QED) is 0.605. The van der Waals surface area contributed by atoms with Crippen LogP contribution in [0.15, 0.2) is 12.7 Å². The first kappa shape index (κ1) is 6.80. The molecule has 0 aromatic carbocycles. The Morgan fingerprint density at radius 1 is 1.80 bits per heavy atom. The van der Waals surface area contributed by atoms with Gasteiger partial charge >= 0.3 is 0 Å². The normalized spacial score (nSPS) is 9.30. The standard InChI is InChI=1S/C6H10N4/c1-3-4-7-6-5(2)8-10-9-6/h3H,1,4H2,2H3,(H2,7,8,9,10). The predicted octanol–water partition coefficient (Wildman–Crippen LogP) is 0.711. The van der Waals surface area contributed by atoms with E-state index in [4.69, 9.17) is 0 Å². The van der Waals surface area contributed by atoms with Crippen LogP contribution in [0.25, 0.3) is 0 Å². The third kappa shape index (κ3) is 1.34. The van der Waals surface area contributed by atoms with E-state index in [1.807, 2.05) is 6.92 Å². The molecule has 0 aliphatic carbocycles. The van der Waals surface area contributed by atoms with Gasteiger partial charge in [-0.25, -0.2) is 5.10 Å². The Balaban J connectivity index is 2.56. The summed E-state index contributed by atoms with van der Waals surface area (Å²) in [4.78, 5) is 0. The molecule has 0 fully saturated rings. The van der Waals surface area contributed by atoms with Crippen molar-refractivity contribution < 1.29 is 0 Å². The molecule has 1 aromatic heterocycles. The van der Waals surface area contributed by atoms with E-state index in [1.54, 1.807) is 6.08 Å². The minimum Gasteiger partial charge on any atom is -0.365 e. The van der Waals surface area contributed by atoms with E-state index >= 15 is 0 Å². The van der Waals surface area contributed by atoms with Crippen LogP contribution in [0.4, 0.5) is 5.82 Å². The van der Waals surface area contributed by atoms with Crippen molar-refractivity contribution in [1.82, 2.24) is 15.4 Å². The number of hydrogen-bond acceptors (Lipinski definition) is 3. The second-order valence-electron chi connectivity index (χ2n) is 1.94. The Hall–Kier alpha value is -1.32. The van der Waals surface area contributed by atoms with Gasteiger partial charge in [0.05, 0.1) is 0 Å². The average molecular weight is 138 g/mol. The Morgan fingerprint density at radius 3 is 3.10 bits per heavy atom. The number of aromatic amines is 1. The molecule has 0 unspecified atom stereocenters. The third-order valence-corrected chi connectivity index (χ3v) is 1.15. The van der Waals surface area contributed by atoms with Crippen LogP contribution >= 0.6 is 0 Å². The number of aryl methyl sites for hydroxylation is 1. The summed E-state index contributed by atoms with van der Waals surface area (Å²) in [5.74, 6) is 0.861. The molecule has 1 heterocycles. The lowest BCUT2D eigenvalue weighted by Gasteiger charge is -1.96. The molecule has 4 nitrogen and oxygen atoms in total. The maximum atomic E-state index is 3.77. The van der Waals surface area contributed by atoms with E-state index in [0.717, 1.165) is 18.1 Å². The van der Waals surface area contributed by atoms with Gasteiger partial charge in [0.15, 0.2) is 0 Å². The molecule has 0 bridgehead atoms. The van der Waals surface area contributed by atoms with Gasteiger partial charge in [-0.05, 0) is 6.92 Å². The zero-order valence-corrected chi connectivity index (χ0v) is 5.89. The topological polar surface area (TPSA) is 53.6 Å². The van der Waals surface area contributed by atoms with E-state index in [0.29, 0.717) is 0 Å². The van der Waals surface area contributed by atoms with Gasteiger partial charge in [-0.1, -0.05) is 11.3 Å². The van der Waals surface area contributed by atoms with Crippen molar-refractivity contribution in [3.8, 4) is 0 Å². The first-order valence-electron chi connectivity index (χ1n) is 3.07. The van der Waals surface area contributed by atoms with Crippen molar-refractivity contribution in [1.29, 1.82) is 0 Å². The van der Waals surface area contributed by atoms with Gasteiger partial charge in [0.1, 0.15) is 11.5 Å². The van der Waals surface area contributed by atoms with Gasteiger partial charge in [-0.2, -0.15) is 0 Å². The number of anilines is 1. The highest BCUT2D eigenvalue weighted by Crippen LogP contribution is 2.03. The molecule has 0 spiro atoms. The van der Waals surface area contributed by atoms with Crippen LogP contribution in [0.2, 0.25) is 0 Å². The monoisotopic (exact) mass is 138 g/mol. The Labute approximate surface area is 59.3 Å². The Morgan fingerprint density at radius 2 is 2.60 bits per heavy atom. The van der Waals surface area contributed by atoms with Crippen LogP contribution < -0.4 is 5.32 Å². The van der Waals surface area contributed by atoms with E-state index in [-0.39, 0.29) is 0 Å². The summed E-state index contributed by atoms with van der Waals surface area (Å²) in [6, 6.07) is 0. The van der Waals surface area contributed by atoms with E-state index in [2.05, 4.69) is 27.3 Å². The Bertz CT molecular complexity index is 215. The zero-order chi connectivity index (χ0) is 7.40. The second kappa shape index (κ2) is 3.00. The van der Waals surface area contributed by atoms with Crippen molar-refractivity contribution >= 4 is 5.82 Å². The lowest BCUT2D eigenvalue weighted by molar-refractivity contribution is 0.928. The number of nitrogens with zero attached hydrogens (tertiary/aromatic N) is 2. The summed E-state index contributed by atoms with van der Waals surface area (Å²) in [7, 11) is 0. The van der Waals surface area contributed by atoms with Crippen molar-refractivity contribution in [3.05, 3.63) is 18.3 Å². The molecule has 2 N–H and O–H groups in total. The van der Waals surface area contributed by atoms with Gasteiger partial charge in [0.2, 0.25) is 0 Å². The summed E-state index contributed by atoms with van der Waals surface area (Å²) in [5, 5.41) is 13.1. The molecule has 0 saturated carbocycles. The fourth-order valence-electron chi connectivity index (χ4n) is 0.623. The largest absolute Gasteiger partial charge is 0.365 e. The van der Waals surface area contributed by atoms with Crippen molar-refractivity contribution in [3.63, 3.8) is 0 Å². The van der Waals surface area contributed by atoms with Crippen LogP contribution in [-0.4, -0.2) is 22.0 Å². The number of rotatable bonds is 3. The van der Waals surface area contributed by atoms with Crippen LogP contribution in [-0.2, 0) is 0 Å². The minimum absolute atomic E-state index is 0.727. The fraction of sp³-hybridized carbons (Fsp3) is 0.333. The molecule has 0 saturated heterocycles. The van der Waals surface area contributed by atoms with Crippen LogP contribution in [0.5, 0.6) is 0 Å². The number of nitrogens with one attached hydrogen (secondary N) is 2. The number of aromatic nitrogens is 3. The summed E-state index contributed by atoms with van der Waals surface area (Å²) in [6.45, 7) is 6.18. The predicted molar refractivity (Wildman–Crippen MR) is 39.8 cm³/mol. The van der Waals surface area contributed by atoms with Crippen molar-refractivity contribution in [2.24, 2.45) is 0 Å². The smallest absolute Gasteiger partial charge is 0.145 e. The number of hydrogen-bond donors (Lipinski definition) is 2. The molecule has 10 heavy (non-hydrogen) atoms. The zero-order valence-electron chi connectivity index (χ0n) is 5.89. The van der Waals surface area contributed by atoms with Crippen LogP contribution in [0, 0.1) is 6.92 Å². The van der Waals surface area contributed by atoms with Crippen LogP contribution in [0.1, 0.15) is 5.69 Å². The lowest BCUT2D eigenvalue weighted by Crippen LogP contribution is -1.99. The maximum absolute atomic E-state index is 3.77. The molecule has 4 heteroatoms. The molecule has 1 aromatic rings. The van der Waals surface area contributed by atoms with Gasteiger partial charge in [-0.3, -0.25) is 0 Å². The average Bonchev–Trinajstić information content (AvgIpc) is 2.31. The highest BCUT2D eigenvalue weighted by molar-refractivity contribution is 5.37. The molecular formula is C6H10N4. The van der Waals surface area contributed by atoms with Crippen LogP contribution in [0.3, 0.4) is 0 Å². The van der Waals surface area contributed by atoms with E-state index in [9.17, 15) is 0 Å². The fourth-order valence-corrected chi connectivity index (χ4v) is 0.623. The van der Waals surface area contributed by atoms with E-state index in [1.165, 1.54) is 0 Å². The molecule has 54 valence electrons. The highest BCUT2D eigenvalue weighted by Gasteiger charge is 1.96. The number of H-pyrrole nitrogens is 1. The Kier molecular flexibility index (Phi) is 2.04. The first-order valence-corrected chi connectivity index (χ1v) is 3.07. The molecule has 0 aliphatic rings. The van der Waals surface area contributed by atoms with E-state index < -0.39 is 0 Å². The summed E-state index contributed by atoms with van der Waals surface area (Å²) in [5.41, 5.74) is 0.877. The minimum atomic E-state index is 0.727. The summed E-state index contributed by atoms with van der Waals surface area (Å²) in [6.07, 6.45) is 1.78. The molecule has 0 aliphatic heterocycles. The SMILES string of the molecule is C=CCNc1[nH]nnc1C. The molecule has 0 amide bonds. The summed E-state index contributed by atoms with van der Waals surface area (Å²) < 4.78 is 0. The van der Waals surface area contributed by atoms with Gasteiger partial charge < -0.3 is 5.32 Å². The molecular weight excluding hydrogens is 128 g/mol. The maximum Gasteiger partial charge on any atom is 0.145 e. The molecule has 0 radical (unpaired) electrons. The summed E-state index contributed by atoms with van der Waals surface area (Å²) >= 11 is 0. The first-order chi connectivity index (χ1) is 4.84. The molecule has 1 rings (SSSR count). The third-order valence-electron chi connectivity index (χ3n) is 1.15. The highest BCUT2D eigenvalue weighted by atomic mass is 15.4. The second-order valence-corrected chi connectivity index (χ2v) is 1.94. The van der Waals surface area contributed by atoms with Gasteiger partial charge in [0, 0.05) is 6.54 Å². The van der Waals surface area contributed by atoms with Gasteiger partial charge in [-0.15, -0.1) is 11.7 Å². The van der Waals surface area contributed by atoms with Crippen molar-refractivity contribution in [2.75, 3.05) is 11.9 Å². The molecule has 0 atom stereocenters. The lowest BCUT2D eigenvalue weighted by atomic mass is 10.5. The van der Waals surface area contributed by atoms with Gasteiger partial charge in [0.25, 0.3) is 0 Å².